The van der Waals surface area contributed by atoms with E-state index in [-0.39, 0.29) is 17.9 Å². The van der Waals surface area contributed by atoms with Crippen molar-refractivity contribution >= 4 is 29.4 Å². The van der Waals surface area contributed by atoms with Crippen LogP contribution in [-0.2, 0) is 14.3 Å². The maximum absolute atomic E-state index is 12.8. The number of methoxy groups -OCH3 is 1. The average molecular weight is 399 g/mol. The predicted octanol–water partition coefficient (Wildman–Crippen LogP) is 2.55. The van der Waals surface area contributed by atoms with Crippen molar-refractivity contribution in [3.63, 3.8) is 0 Å². The van der Waals surface area contributed by atoms with Crippen LogP contribution in [0.2, 0.25) is 0 Å². The number of carbonyl (C=O) groups excluding carboxylic acids is 2. The molecule has 2 rings (SSSR count). The van der Waals surface area contributed by atoms with E-state index >= 15 is 0 Å². The molecule has 1 unspecified atom stereocenters. The molecule has 0 saturated carbocycles. The lowest BCUT2D eigenvalue weighted by atomic mass is 9.77. The zero-order chi connectivity index (χ0) is 20.7. The minimum Gasteiger partial charge on any atom is -0.496 e. The van der Waals surface area contributed by atoms with E-state index in [0.717, 1.165) is 11.8 Å². The van der Waals surface area contributed by atoms with Crippen LogP contribution in [0, 0.1) is 17.2 Å². The lowest BCUT2D eigenvalue weighted by Crippen LogP contribution is -2.34. The number of esters is 1. The van der Waals surface area contributed by atoms with Crippen molar-refractivity contribution in [2.45, 2.75) is 12.8 Å². The largest absolute Gasteiger partial charge is 0.496 e. The molecule has 0 aromatic heterocycles. The van der Waals surface area contributed by atoms with Gasteiger partial charge >= 0.3 is 5.97 Å². The molecule has 0 bridgehead atoms. The molecule has 28 heavy (non-hydrogen) atoms. The van der Waals surface area contributed by atoms with Crippen LogP contribution in [0.5, 0.6) is 5.75 Å². The highest BCUT2D eigenvalue weighted by molar-refractivity contribution is 8.03. The molecule has 1 amide bonds. The Hall–Kier alpha value is -3.05. The Bertz CT molecular complexity index is 886. The van der Waals surface area contributed by atoms with Crippen molar-refractivity contribution in [3.8, 4) is 11.8 Å². The Morgan fingerprint density at radius 3 is 2.75 bits per heavy atom. The number of ether oxygens (including phenoxy) is 2. The molecule has 1 aliphatic heterocycles. The molecule has 0 saturated heterocycles. The predicted molar refractivity (Wildman–Crippen MR) is 108 cm³/mol. The van der Waals surface area contributed by atoms with E-state index in [1.165, 1.54) is 13.2 Å². The SMILES string of the molecule is C=CCOC(=O)C1C(C)=NC(SCC(N)=O)=C(C#N)[C@H]1c1ccccc1OC. The fraction of sp³-hybridized carbons (Fsp3) is 0.300. The Morgan fingerprint density at radius 1 is 1.43 bits per heavy atom. The van der Waals surface area contributed by atoms with Gasteiger partial charge in [-0.25, -0.2) is 4.99 Å². The fourth-order valence-corrected chi connectivity index (χ4v) is 3.81. The number of para-hydroxylation sites is 1. The topological polar surface area (TPSA) is 115 Å². The second kappa shape index (κ2) is 9.76. The second-order valence-electron chi connectivity index (χ2n) is 5.95. The van der Waals surface area contributed by atoms with Crippen LogP contribution in [0.25, 0.3) is 0 Å². The van der Waals surface area contributed by atoms with Crippen LogP contribution >= 0.6 is 11.8 Å². The van der Waals surface area contributed by atoms with Gasteiger partial charge in [0.2, 0.25) is 5.91 Å². The number of benzene rings is 1. The molecule has 0 fully saturated rings. The van der Waals surface area contributed by atoms with E-state index in [1.54, 1.807) is 31.2 Å². The zero-order valence-corrected chi connectivity index (χ0v) is 16.5. The summed E-state index contributed by atoms with van der Waals surface area (Å²) in [6.45, 7) is 5.30. The first-order valence-corrected chi connectivity index (χ1v) is 9.44. The number of thioether (sulfide) groups is 1. The van der Waals surface area contributed by atoms with Crippen LogP contribution in [-0.4, -0.2) is 37.1 Å². The van der Waals surface area contributed by atoms with Crippen LogP contribution < -0.4 is 10.5 Å². The summed E-state index contributed by atoms with van der Waals surface area (Å²) in [5.74, 6) is -1.99. The molecule has 1 aliphatic rings. The van der Waals surface area contributed by atoms with Gasteiger partial charge in [0.15, 0.2) is 0 Å². The van der Waals surface area contributed by atoms with Gasteiger partial charge < -0.3 is 15.2 Å². The Labute approximate surface area is 167 Å². The summed E-state index contributed by atoms with van der Waals surface area (Å²) in [5, 5.41) is 10.2. The number of rotatable bonds is 8. The summed E-state index contributed by atoms with van der Waals surface area (Å²) < 4.78 is 10.7. The van der Waals surface area contributed by atoms with Crippen LogP contribution in [0.1, 0.15) is 18.4 Å². The van der Waals surface area contributed by atoms with Gasteiger partial charge in [0.05, 0.1) is 24.5 Å². The lowest BCUT2D eigenvalue weighted by molar-refractivity contribution is -0.145. The molecule has 0 spiro atoms. The minimum absolute atomic E-state index is 0.0263. The van der Waals surface area contributed by atoms with Crippen molar-refractivity contribution in [2.24, 2.45) is 16.6 Å². The van der Waals surface area contributed by atoms with E-state index in [2.05, 4.69) is 17.6 Å². The Kier molecular flexibility index (Phi) is 7.41. The maximum atomic E-state index is 12.8. The number of hydrogen-bond acceptors (Lipinski definition) is 7. The third-order valence-corrected chi connectivity index (χ3v) is 5.16. The average Bonchev–Trinajstić information content (AvgIpc) is 2.69. The van der Waals surface area contributed by atoms with E-state index in [1.807, 2.05) is 0 Å². The number of allylic oxidation sites excluding steroid dienone is 1. The fourth-order valence-electron chi connectivity index (χ4n) is 2.99. The standard InChI is InChI=1S/C20H21N3O4S/c1-4-9-27-20(25)17-12(2)23-19(28-11-16(22)24)14(10-21)18(17)13-7-5-6-8-15(13)26-3/h4-8,17-18H,1,9,11H2,2-3H3,(H2,22,24)/t17?,18-/m1/s1. The molecule has 2 N–H and O–H groups in total. The second-order valence-corrected chi connectivity index (χ2v) is 6.92. The molecule has 8 heteroatoms. The van der Waals surface area contributed by atoms with Crippen molar-refractivity contribution in [2.75, 3.05) is 19.5 Å². The highest BCUT2D eigenvalue weighted by Gasteiger charge is 2.41. The van der Waals surface area contributed by atoms with Gasteiger partial charge in [-0.1, -0.05) is 42.6 Å². The number of nitrogens with two attached hydrogens (primary N) is 1. The molecule has 7 nitrogen and oxygen atoms in total. The van der Waals surface area contributed by atoms with Crippen LogP contribution in [0.3, 0.4) is 0 Å². The van der Waals surface area contributed by atoms with E-state index in [0.29, 0.717) is 22.1 Å². The van der Waals surface area contributed by atoms with Gasteiger partial charge in [0, 0.05) is 17.2 Å². The highest BCUT2D eigenvalue weighted by atomic mass is 32.2. The quantitative estimate of drug-likeness (QED) is 0.531. The van der Waals surface area contributed by atoms with Crippen molar-refractivity contribution in [1.82, 2.24) is 0 Å². The molecule has 0 radical (unpaired) electrons. The number of hydrogen-bond donors (Lipinski definition) is 1. The maximum Gasteiger partial charge on any atom is 0.315 e. The third kappa shape index (κ3) is 4.61. The van der Waals surface area contributed by atoms with Gasteiger partial charge in [0.25, 0.3) is 0 Å². The summed E-state index contributed by atoms with van der Waals surface area (Å²) >= 11 is 1.07. The first kappa shape index (κ1) is 21.3. The van der Waals surface area contributed by atoms with Crippen molar-refractivity contribution < 1.29 is 19.1 Å². The number of nitrogens with zero attached hydrogens (tertiary/aromatic N) is 2. The third-order valence-electron chi connectivity index (χ3n) is 4.15. The number of nitriles is 1. The summed E-state index contributed by atoms with van der Waals surface area (Å²) in [4.78, 5) is 28.4. The van der Waals surface area contributed by atoms with Gasteiger partial charge in [-0.05, 0) is 13.0 Å². The van der Waals surface area contributed by atoms with Gasteiger partial charge in [0.1, 0.15) is 23.3 Å². The van der Waals surface area contributed by atoms with Gasteiger partial charge in [-0.2, -0.15) is 5.26 Å². The van der Waals surface area contributed by atoms with Crippen molar-refractivity contribution in [1.29, 1.82) is 5.26 Å². The molecule has 146 valence electrons. The number of carbonyl (C=O) groups is 2. The van der Waals surface area contributed by atoms with Gasteiger partial charge in [-0.15, -0.1) is 0 Å². The van der Waals surface area contributed by atoms with Crippen LogP contribution in [0.4, 0.5) is 0 Å². The van der Waals surface area contributed by atoms with E-state index < -0.39 is 23.7 Å². The molecule has 1 heterocycles. The highest BCUT2D eigenvalue weighted by Crippen LogP contribution is 2.44. The molecular weight excluding hydrogens is 378 g/mol. The first-order chi connectivity index (χ1) is 13.4. The Balaban J connectivity index is 2.62. The number of amides is 1. The number of aliphatic imine (C=N–C) groups is 1. The van der Waals surface area contributed by atoms with Crippen molar-refractivity contribution in [3.05, 3.63) is 53.1 Å². The molecular formula is C20H21N3O4S. The summed E-state index contributed by atoms with van der Waals surface area (Å²) in [6.07, 6.45) is 1.47. The van der Waals surface area contributed by atoms with Crippen LogP contribution in [0.15, 0.2) is 52.5 Å². The normalized spacial score (nSPS) is 18.7. The summed E-state index contributed by atoms with van der Waals surface area (Å²) in [6, 6.07) is 9.31. The zero-order valence-electron chi connectivity index (χ0n) is 15.7. The minimum atomic E-state index is -0.802. The summed E-state index contributed by atoms with van der Waals surface area (Å²) in [5.41, 5.74) is 6.64. The molecule has 0 aliphatic carbocycles. The lowest BCUT2D eigenvalue weighted by Gasteiger charge is -2.30. The van der Waals surface area contributed by atoms with E-state index in [4.69, 9.17) is 15.2 Å². The molecule has 1 aromatic rings. The number of primary amides is 1. The summed E-state index contributed by atoms with van der Waals surface area (Å²) in [7, 11) is 1.52. The smallest absolute Gasteiger partial charge is 0.315 e. The molecule has 2 atom stereocenters. The first-order valence-electron chi connectivity index (χ1n) is 8.45. The van der Waals surface area contributed by atoms with Gasteiger partial charge in [-0.3, -0.25) is 9.59 Å². The Morgan fingerprint density at radius 2 is 2.14 bits per heavy atom. The van der Waals surface area contributed by atoms with E-state index in [9.17, 15) is 14.9 Å². The monoisotopic (exact) mass is 399 g/mol. The molecule has 1 aromatic carbocycles.